The maximum Gasteiger partial charge on any atom is 0.220 e. The van der Waals surface area contributed by atoms with Crippen LogP contribution in [0.25, 0.3) is 0 Å². The van der Waals surface area contributed by atoms with Gasteiger partial charge in [0, 0.05) is 25.4 Å². The number of nitrogens with zero attached hydrogens (tertiary/aromatic N) is 1. The van der Waals surface area contributed by atoms with E-state index in [-0.39, 0.29) is 5.91 Å². The summed E-state index contributed by atoms with van der Waals surface area (Å²) in [6.07, 6.45) is 7.47. The molecule has 0 bridgehead atoms. The van der Waals surface area contributed by atoms with E-state index in [1.54, 1.807) is 12.4 Å². The van der Waals surface area contributed by atoms with Gasteiger partial charge in [-0.15, -0.1) is 0 Å². The molecule has 1 rings (SSSR count). The van der Waals surface area contributed by atoms with Crippen LogP contribution in [0.15, 0.2) is 24.5 Å². The minimum absolute atomic E-state index is 0.137. The SMILES string of the molecule is CC(C)CCCCC(=O)NCc1cccnc1. The van der Waals surface area contributed by atoms with Crippen molar-refractivity contribution in [2.45, 2.75) is 46.1 Å². The molecule has 0 aliphatic carbocycles. The number of nitrogens with one attached hydrogen (secondary N) is 1. The first kappa shape index (κ1) is 13.7. The molecule has 17 heavy (non-hydrogen) atoms. The van der Waals surface area contributed by atoms with Crippen LogP contribution in [0.1, 0.15) is 45.1 Å². The summed E-state index contributed by atoms with van der Waals surface area (Å²) >= 11 is 0. The van der Waals surface area contributed by atoms with Gasteiger partial charge in [-0.25, -0.2) is 0 Å². The highest BCUT2D eigenvalue weighted by Gasteiger charge is 2.01. The Kier molecular flexibility index (Phi) is 6.30. The largest absolute Gasteiger partial charge is 0.352 e. The van der Waals surface area contributed by atoms with E-state index >= 15 is 0 Å². The first-order valence-electron chi connectivity index (χ1n) is 6.34. The van der Waals surface area contributed by atoms with Crippen molar-refractivity contribution in [3.8, 4) is 0 Å². The second-order valence-electron chi connectivity index (χ2n) is 4.78. The number of rotatable bonds is 7. The van der Waals surface area contributed by atoms with Crippen LogP contribution in [0.3, 0.4) is 0 Å². The van der Waals surface area contributed by atoms with E-state index in [2.05, 4.69) is 24.1 Å². The van der Waals surface area contributed by atoms with Gasteiger partial charge in [-0.3, -0.25) is 9.78 Å². The third-order valence-corrected chi connectivity index (χ3v) is 2.65. The van der Waals surface area contributed by atoms with Crippen molar-refractivity contribution in [3.05, 3.63) is 30.1 Å². The smallest absolute Gasteiger partial charge is 0.220 e. The van der Waals surface area contributed by atoms with Gasteiger partial charge in [0.1, 0.15) is 0 Å². The van der Waals surface area contributed by atoms with E-state index in [4.69, 9.17) is 0 Å². The minimum atomic E-state index is 0.137. The third-order valence-electron chi connectivity index (χ3n) is 2.65. The lowest BCUT2D eigenvalue weighted by Gasteiger charge is -2.06. The molecule has 1 heterocycles. The zero-order valence-corrected chi connectivity index (χ0v) is 10.8. The number of carbonyl (C=O) groups is 1. The highest BCUT2D eigenvalue weighted by atomic mass is 16.1. The summed E-state index contributed by atoms with van der Waals surface area (Å²) in [7, 11) is 0. The molecule has 1 amide bonds. The van der Waals surface area contributed by atoms with E-state index in [1.807, 2.05) is 12.1 Å². The predicted octanol–water partition coefficient (Wildman–Crippen LogP) is 2.91. The lowest BCUT2D eigenvalue weighted by Crippen LogP contribution is -2.22. The van der Waals surface area contributed by atoms with Crippen molar-refractivity contribution in [2.24, 2.45) is 5.92 Å². The number of hydrogen-bond donors (Lipinski definition) is 1. The van der Waals surface area contributed by atoms with Gasteiger partial charge in [0.05, 0.1) is 0 Å². The Hall–Kier alpha value is -1.38. The fraction of sp³-hybridized carbons (Fsp3) is 0.571. The molecule has 0 aliphatic heterocycles. The van der Waals surface area contributed by atoms with Crippen molar-refractivity contribution in [2.75, 3.05) is 0 Å². The highest BCUT2D eigenvalue weighted by Crippen LogP contribution is 2.07. The highest BCUT2D eigenvalue weighted by molar-refractivity contribution is 5.75. The first-order valence-corrected chi connectivity index (χ1v) is 6.34. The number of pyridine rings is 1. The molecule has 94 valence electrons. The summed E-state index contributed by atoms with van der Waals surface area (Å²) in [4.78, 5) is 15.5. The van der Waals surface area contributed by atoms with Crippen molar-refractivity contribution >= 4 is 5.91 Å². The summed E-state index contributed by atoms with van der Waals surface area (Å²) in [5.74, 6) is 0.867. The van der Waals surface area contributed by atoms with Crippen LogP contribution in [0, 0.1) is 5.92 Å². The van der Waals surface area contributed by atoms with Gasteiger partial charge in [-0.2, -0.15) is 0 Å². The first-order chi connectivity index (χ1) is 8.18. The van der Waals surface area contributed by atoms with Gasteiger partial charge in [0.15, 0.2) is 0 Å². The Morgan fingerprint density at radius 2 is 2.24 bits per heavy atom. The third kappa shape index (κ3) is 6.72. The normalized spacial score (nSPS) is 10.5. The lowest BCUT2D eigenvalue weighted by molar-refractivity contribution is -0.121. The van der Waals surface area contributed by atoms with Crippen molar-refractivity contribution in [3.63, 3.8) is 0 Å². The van der Waals surface area contributed by atoms with Crippen LogP contribution in [-0.4, -0.2) is 10.9 Å². The van der Waals surface area contributed by atoms with E-state index in [0.717, 1.165) is 24.3 Å². The Morgan fingerprint density at radius 3 is 2.88 bits per heavy atom. The molecule has 1 N–H and O–H groups in total. The quantitative estimate of drug-likeness (QED) is 0.737. The summed E-state index contributed by atoms with van der Waals surface area (Å²) in [6, 6.07) is 3.84. The van der Waals surface area contributed by atoms with Crippen LogP contribution >= 0.6 is 0 Å². The monoisotopic (exact) mass is 234 g/mol. The second-order valence-corrected chi connectivity index (χ2v) is 4.78. The number of amides is 1. The summed E-state index contributed by atoms with van der Waals surface area (Å²) < 4.78 is 0. The number of carbonyl (C=O) groups excluding carboxylic acids is 1. The van der Waals surface area contributed by atoms with Crippen LogP contribution in [0.4, 0.5) is 0 Å². The van der Waals surface area contributed by atoms with Gasteiger partial charge in [0.2, 0.25) is 5.91 Å². The van der Waals surface area contributed by atoms with Gasteiger partial charge in [-0.05, 0) is 24.0 Å². The second kappa shape index (κ2) is 7.82. The van der Waals surface area contributed by atoms with E-state index in [1.165, 1.54) is 6.42 Å². The number of aromatic nitrogens is 1. The van der Waals surface area contributed by atoms with E-state index in [0.29, 0.717) is 13.0 Å². The van der Waals surface area contributed by atoms with Crippen molar-refractivity contribution in [1.82, 2.24) is 10.3 Å². The molecule has 0 atom stereocenters. The fourth-order valence-electron chi connectivity index (χ4n) is 1.63. The maximum atomic E-state index is 11.5. The summed E-state index contributed by atoms with van der Waals surface area (Å²) in [5.41, 5.74) is 1.04. The molecular weight excluding hydrogens is 212 g/mol. The molecule has 3 heteroatoms. The molecule has 0 radical (unpaired) electrons. The topological polar surface area (TPSA) is 42.0 Å². The average Bonchev–Trinajstić information content (AvgIpc) is 2.33. The molecular formula is C14H22N2O. The molecule has 0 fully saturated rings. The van der Waals surface area contributed by atoms with Gasteiger partial charge < -0.3 is 5.32 Å². The molecule has 0 unspecified atom stereocenters. The maximum absolute atomic E-state index is 11.5. The Labute approximate surface area is 104 Å². The molecule has 3 nitrogen and oxygen atoms in total. The van der Waals surface area contributed by atoms with E-state index in [9.17, 15) is 4.79 Å². The van der Waals surface area contributed by atoms with Gasteiger partial charge >= 0.3 is 0 Å². The molecule has 0 spiro atoms. The molecule has 0 aromatic carbocycles. The van der Waals surface area contributed by atoms with Crippen molar-refractivity contribution in [1.29, 1.82) is 0 Å². The number of hydrogen-bond acceptors (Lipinski definition) is 2. The Bertz CT molecular complexity index is 322. The van der Waals surface area contributed by atoms with Gasteiger partial charge in [-0.1, -0.05) is 32.8 Å². The van der Waals surface area contributed by atoms with Crippen LogP contribution in [-0.2, 0) is 11.3 Å². The summed E-state index contributed by atoms with van der Waals surface area (Å²) in [6.45, 7) is 5.00. The Balaban J connectivity index is 2.09. The number of unbranched alkanes of at least 4 members (excludes halogenated alkanes) is 1. The molecule has 1 aromatic rings. The van der Waals surface area contributed by atoms with Crippen LogP contribution in [0.5, 0.6) is 0 Å². The van der Waals surface area contributed by atoms with Crippen LogP contribution in [0.2, 0.25) is 0 Å². The summed E-state index contributed by atoms with van der Waals surface area (Å²) in [5, 5.41) is 2.91. The molecule has 0 aliphatic rings. The average molecular weight is 234 g/mol. The molecule has 1 aromatic heterocycles. The van der Waals surface area contributed by atoms with Gasteiger partial charge in [0.25, 0.3) is 0 Å². The Morgan fingerprint density at radius 1 is 1.41 bits per heavy atom. The zero-order chi connectivity index (χ0) is 12.5. The zero-order valence-electron chi connectivity index (χ0n) is 10.8. The minimum Gasteiger partial charge on any atom is -0.352 e. The lowest BCUT2D eigenvalue weighted by atomic mass is 10.1. The van der Waals surface area contributed by atoms with Crippen LogP contribution < -0.4 is 5.32 Å². The fourth-order valence-corrected chi connectivity index (χ4v) is 1.63. The van der Waals surface area contributed by atoms with E-state index < -0.39 is 0 Å². The molecule has 0 saturated heterocycles. The molecule has 0 saturated carbocycles. The standard InChI is InChI=1S/C14H22N2O/c1-12(2)6-3-4-8-14(17)16-11-13-7-5-9-15-10-13/h5,7,9-10,12H,3-4,6,8,11H2,1-2H3,(H,16,17). The predicted molar refractivity (Wildman–Crippen MR) is 69.4 cm³/mol. The van der Waals surface area contributed by atoms with Crippen molar-refractivity contribution < 1.29 is 4.79 Å².